The van der Waals surface area contributed by atoms with Gasteiger partial charge in [-0.1, -0.05) is 34.1 Å². The lowest BCUT2D eigenvalue weighted by molar-refractivity contribution is -0.159. The monoisotopic (exact) mass is 333 g/mol. The second-order valence-electron chi connectivity index (χ2n) is 4.59. The van der Waals surface area contributed by atoms with Crippen molar-refractivity contribution in [1.82, 2.24) is 5.32 Å². The van der Waals surface area contributed by atoms with Crippen molar-refractivity contribution in [3.8, 4) is 0 Å². The van der Waals surface area contributed by atoms with Crippen LogP contribution in [0.3, 0.4) is 0 Å². The molecule has 0 amide bonds. The van der Waals surface area contributed by atoms with Crippen LogP contribution in [-0.4, -0.2) is 24.5 Å². The summed E-state index contributed by atoms with van der Waals surface area (Å²) in [6.07, 6.45) is -1.32. The first-order chi connectivity index (χ1) is 8.90. The van der Waals surface area contributed by atoms with Crippen molar-refractivity contribution in [3.05, 3.63) is 34.3 Å². The lowest BCUT2D eigenvalue weighted by Crippen LogP contribution is -2.29. The van der Waals surface area contributed by atoms with Gasteiger partial charge in [-0.2, -0.15) is 8.78 Å². The van der Waals surface area contributed by atoms with Crippen molar-refractivity contribution < 1.29 is 18.3 Å². The van der Waals surface area contributed by atoms with Crippen LogP contribution in [0.15, 0.2) is 28.7 Å². The molecule has 2 rings (SSSR count). The van der Waals surface area contributed by atoms with Crippen molar-refractivity contribution in [2.45, 2.75) is 31.4 Å². The van der Waals surface area contributed by atoms with Crippen LogP contribution < -0.4 is 5.32 Å². The zero-order chi connectivity index (χ0) is 14.0. The number of benzene rings is 1. The van der Waals surface area contributed by atoms with E-state index in [1.165, 1.54) is 0 Å². The van der Waals surface area contributed by atoms with Gasteiger partial charge in [-0.25, -0.2) is 4.79 Å². The number of hydrogen-bond acceptors (Lipinski definition) is 3. The van der Waals surface area contributed by atoms with E-state index in [2.05, 4.69) is 26.0 Å². The minimum Gasteiger partial charge on any atom is -0.456 e. The number of cyclic esters (lactones) is 1. The van der Waals surface area contributed by atoms with Gasteiger partial charge in [0.2, 0.25) is 0 Å². The molecule has 1 aromatic carbocycles. The van der Waals surface area contributed by atoms with Gasteiger partial charge in [0.1, 0.15) is 6.10 Å². The van der Waals surface area contributed by atoms with E-state index in [-0.39, 0.29) is 12.6 Å². The summed E-state index contributed by atoms with van der Waals surface area (Å²) in [5.74, 6) is -4.77. The maximum absolute atomic E-state index is 13.0. The topological polar surface area (TPSA) is 38.3 Å². The molecule has 1 aliphatic rings. The van der Waals surface area contributed by atoms with Crippen LogP contribution in [0.4, 0.5) is 8.78 Å². The molecule has 0 spiro atoms. The number of ether oxygens (including phenoxy) is 1. The summed E-state index contributed by atoms with van der Waals surface area (Å²) in [7, 11) is 0. The van der Waals surface area contributed by atoms with Crippen LogP contribution in [0.2, 0.25) is 0 Å². The predicted molar refractivity (Wildman–Crippen MR) is 70.0 cm³/mol. The maximum Gasteiger partial charge on any atom is 0.377 e. The zero-order valence-electron chi connectivity index (χ0n) is 10.3. The zero-order valence-corrected chi connectivity index (χ0v) is 11.9. The van der Waals surface area contributed by atoms with E-state index in [4.69, 9.17) is 0 Å². The molecule has 1 aliphatic heterocycles. The molecule has 0 aliphatic carbocycles. The molecule has 0 saturated carbocycles. The van der Waals surface area contributed by atoms with Gasteiger partial charge in [-0.05, 0) is 18.6 Å². The van der Waals surface area contributed by atoms with Crippen LogP contribution in [0, 0.1) is 0 Å². The van der Waals surface area contributed by atoms with Gasteiger partial charge in [0, 0.05) is 17.1 Å². The summed E-state index contributed by atoms with van der Waals surface area (Å²) >= 11 is 3.43. The van der Waals surface area contributed by atoms with Crippen LogP contribution in [-0.2, 0) is 9.53 Å². The average molecular weight is 334 g/mol. The third-order valence-corrected chi connectivity index (χ3v) is 3.80. The first-order valence-corrected chi connectivity index (χ1v) is 6.76. The van der Waals surface area contributed by atoms with Gasteiger partial charge < -0.3 is 10.1 Å². The van der Waals surface area contributed by atoms with Crippen LogP contribution >= 0.6 is 15.9 Å². The molecule has 1 unspecified atom stereocenters. The number of carbonyl (C=O) groups is 1. The largest absolute Gasteiger partial charge is 0.456 e. The first kappa shape index (κ1) is 14.4. The van der Waals surface area contributed by atoms with Gasteiger partial charge in [-0.3, -0.25) is 0 Å². The molecule has 1 saturated heterocycles. The molecule has 1 heterocycles. The number of halogens is 3. The molecule has 2 atom stereocenters. The molecular weight excluding hydrogens is 320 g/mol. The van der Waals surface area contributed by atoms with E-state index >= 15 is 0 Å². The highest BCUT2D eigenvalue weighted by Gasteiger charge is 2.50. The van der Waals surface area contributed by atoms with Gasteiger partial charge in [0.25, 0.3) is 0 Å². The molecule has 104 valence electrons. The number of rotatable bonds is 4. The van der Waals surface area contributed by atoms with Crippen LogP contribution in [0.5, 0.6) is 0 Å². The number of alkyl halides is 2. The Labute approximate surface area is 118 Å². The summed E-state index contributed by atoms with van der Waals surface area (Å²) in [4.78, 5) is 10.9. The predicted octanol–water partition coefficient (Wildman–Crippen LogP) is 3.05. The summed E-state index contributed by atoms with van der Waals surface area (Å²) < 4.78 is 31.6. The molecule has 19 heavy (non-hydrogen) atoms. The third-order valence-electron chi connectivity index (χ3n) is 3.08. The lowest BCUT2D eigenvalue weighted by atomic mass is 10.1. The lowest BCUT2D eigenvalue weighted by Gasteiger charge is -2.18. The Balaban J connectivity index is 1.90. The fourth-order valence-electron chi connectivity index (χ4n) is 2.01. The minimum absolute atomic E-state index is 0.0245. The number of nitrogens with one attached hydrogen (secondary N) is 1. The van der Waals surface area contributed by atoms with Crippen LogP contribution in [0.1, 0.15) is 24.9 Å². The Morgan fingerprint density at radius 1 is 1.53 bits per heavy atom. The van der Waals surface area contributed by atoms with Gasteiger partial charge in [0.05, 0.1) is 6.42 Å². The number of hydrogen-bond donors (Lipinski definition) is 1. The Bertz CT molecular complexity index is 481. The summed E-state index contributed by atoms with van der Waals surface area (Å²) in [5.41, 5.74) is 1.03. The highest BCUT2D eigenvalue weighted by Crippen LogP contribution is 2.31. The molecule has 0 bridgehead atoms. The highest BCUT2D eigenvalue weighted by atomic mass is 79.9. The van der Waals surface area contributed by atoms with Crippen molar-refractivity contribution in [1.29, 1.82) is 0 Å². The van der Waals surface area contributed by atoms with Crippen molar-refractivity contribution in [2.75, 3.05) is 6.54 Å². The normalized spacial score (nSPS) is 23.2. The smallest absolute Gasteiger partial charge is 0.377 e. The second-order valence-corrected chi connectivity index (χ2v) is 5.44. The molecule has 0 radical (unpaired) electrons. The minimum atomic E-state index is -3.34. The van der Waals surface area contributed by atoms with Gasteiger partial charge >= 0.3 is 11.9 Å². The Morgan fingerprint density at radius 2 is 2.21 bits per heavy atom. The molecule has 6 heteroatoms. The molecule has 1 fully saturated rings. The summed E-state index contributed by atoms with van der Waals surface area (Å²) in [6.45, 7) is 2.14. The quantitative estimate of drug-likeness (QED) is 0.860. The SMILES string of the molecule is C[C@@H](NCC1CC(F)(F)C(=O)O1)c1ccccc1Br. The van der Waals surface area contributed by atoms with Crippen LogP contribution in [0.25, 0.3) is 0 Å². The van der Waals surface area contributed by atoms with E-state index in [9.17, 15) is 13.6 Å². The fourth-order valence-corrected chi connectivity index (χ4v) is 2.63. The molecule has 3 nitrogen and oxygen atoms in total. The van der Waals surface area contributed by atoms with Crippen molar-refractivity contribution >= 4 is 21.9 Å². The van der Waals surface area contributed by atoms with Crippen molar-refractivity contribution in [2.24, 2.45) is 0 Å². The van der Waals surface area contributed by atoms with E-state index in [0.717, 1.165) is 10.0 Å². The van der Waals surface area contributed by atoms with E-state index in [1.54, 1.807) is 0 Å². The molecule has 1 N–H and O–H groups in total. The fraction of sp³-hybridized carbons (Fsp3) is 0.462. The second kappa shape index (κ2) is 5.54. The molecular formula is C13H14BrF2NO2. The Hall–Kier alpha value is -1.01. The number of carbonyl (C=O) groups excluding carboxylic acids is 1. The third kappa shape index (κ3) is 3.30. The standard InChI is InChI=1S/C13H14BrF2NO2/c1-8(10-4-2-3-5-11(10)14)17-7-9-6-13(15,16)12(18)19-9/h2-5,8-9,17H,6-7H2,1H3/t8-,9?/m1/s1. The van der Waals surface area contributed by atoms with E-state index < -0.39 is 24.4 Å². The summed E-state index contributed by atoms with van der Waals surface area (Å²) in [6, 6.07) is 7.64. The maximum atomic E-state index is 13.0. The van der Waals surface area contributed by atoms with Gasteiger partial charge in [0.15, 0.2) is 0 Å². The Kier molecular flexibility index (Phi) is 4.20. The summed E-state index contributed by atoms with van der Waals surface area (Å²) in [5, 5.41) is 3.10. The van der Waals surface area contributed by atoms with E-state index in [1.807, 2.05) is 31.2 Å². The number of esters is 1. The van der Waals surface area contributed by atoms with Gasteiger partial charge in [-0.15, -0.1) is 0 Å². The van der Waals surface area contributed by atoms with E-state index in [0.29, 0.717) is 0 Å². The first-order valence-electron chi connectivity index (χ1n) is 5.97. The Morgan fingerprint density at radius 3 is 2.79 bits per heavy atom. The highest BCUT2D eigenvalue weighted by molar-refractivity contribution is 9.10. The average Bonchev–Trinajstić information content (AvgIpc) is 2.61. The molecule has 0 aromatic heterocycles. The molecule has 1 aromatic rings. The van der Waals surface area contributed by atoms with Crippen molar-refractivity contribution in [3.63, 3.8) is 0 Å².